The first-order chi connectivity index (χ1) is 12.0. The summed E-state index contributed by atoms with van der Waals surface area (Å²) >= 11 is 0. The molecule has 2 bridgehead atoms. The first-order valence-corrected chi connectivity index (χ1v) is 8.54. The number of alkyl halides is 3. The van der Waals surface area contributed by atoms with E-state index in [4.69, 9.17) is 0 Å². The number of benzene rings is 1. The zero-order valence-electron chi connectivity index (χ0n) is 13.7. The molecule has 1 aromatic heterocycles. The van der Waals surface area contributed by atoms with Gasteiger partial charge in [0.2, 0.25) is 0 Å². The van der Waals surface area contributed by atoms with Crippen LogP contribution in [0.25, 0.3) is 5.57 Å². The van der Waals surface area contributed by atoms with E-state index in [1.165, 1.54) is 18.0 Å². The van der Waals surface area contributed by atoms with Crippen LogP contribution >= 0.6 is 0 Å². The van der Waals surface area contributed by atoms with Gasteiger partial charge in [-0.15, -0.1) is 0 Å². The minimum Gasteiger partial charge on any atom is -0.289 e. The second-order valence-corrected chi connectivity index (χ2v) is 6.77. The number of aromatic nitrogens is 1. The van der Waals surface area contributed by atoms with E-state index in [9.17, 15) is 13.2 Å². The van der Waals surface area contributed by atoms with Crippen molar-refractivity contribution in [2.24, 2.45) is 0 Å². The maximum atomic E-state index is 13.3. The van der Waals surface area contributed by atoms with Crippen molar-refractivity contribution >= 4 is 5.57 Å². The second kappa shape index (κ2) is 6.30. The van der Waals surface area contributed by atoms with Crippen LogP contribution in [0, 0.1) is 0 Å². The zero-order valence-corrected chi connectivity index (χ0v) is 13.7. The molecule has 0 radical (unpaired) electrons. The van der Waals surface area contributed by atoms with Crippen molar-refractivity contribution in [1.29, 1.82) is 0 Å². The maximum absolute atomic E-state index is 13.3. The van der Waals surface area contributed by atoms with E-state index >= 15 is 0 Å². The molecule has 2 aliphatic heterocycles. The standard InChI is InChI=1S/C20H19F3N2/c21-20(22,23)19-8-9-24-12-18(19)15-10-16-6-7-17(11-15)25(16)13-14-4-2-1-3-5-14/h1-5,8-10,12,16-17H,6-7,11,13H2. The Morgan fingerprint density at radius 1 is 1.08 bits per heavy atom. The van der Waals surface area contributed by atoms with Gasteiger partial charge in [-0.1, -0.05) is 36.4 Å². The van der Waals surface area contributed by atoms with E-state index in [2.05, 4.69) is 22.0 Å². The Morgan fingerprint density at radius 3 is 2.60 bits per heavy atom. The number of nitrogens with zero attached hydrogens (tertiary/aromatic N) is 2. The topological polar surface area (TPSA) is 16.1 Å². The average Bonchev–Trinajstić information content (AvgIpc) is 2.83. The van der Waals surface area contributed by atoms with Gasteiger partial charge in [-0.2, -0.15) is 13.2 Å². The van der Waals surface area contributed by atoms with E-state index in [-0.39, 0.29) is 11.6 Å². The van der Waals surface area contributed by atoms with Crippen LogP contribution in [0.1, 0.15) is 36.0 Å². The normalized spacial score (nSPS) is 23.6. The molecule has 2 atom stereocenters. The molecule has 1 saturated heterocycles. The molecule has 5 heteroatoms. The SMILES string of the molecule is FC(F)(F)c1ccncc1C1=CC2CCC(C1)N2Cc1ccccc1. The summed E-state index contributed by atoms with van der Waals surface area (Å²) in [5.74, 6) is 0. The van der Waals surface area contributed by atoms with Gasteiger partial charge < -0.3 is 0 Å². The molecule has 25 heavy (non-hydrogen) atoms. The number of fused-ring (bicyclic) bond motifs is 2. The van der Waals surface area contributed by atoms with Crippen LogP contribution in [0.5, 0.6) is 0 Å². The zero-order chi connectivity index (χ0) is 17.4. The van der Waals surface area contributed by atoms with E-state index in [0.717, 1.165) is 31.0 Å². The monoisotopic (exact) mass is 344 g/mol. The lowest BCUT2D eigenvalue weighted by Gasteiger charge is -2.34. The van der Waals surface area contributed by atoms with Crippen molar-refractivity contribution in [1.82, 2.24) is 9.88 Å². The molecule has 4 rings (SSSR count). The predicted molar refractivity (Wildman–Crippen MR) is 90.6 cm³/mol. The van der Waals surface area contributed by atoms with Gasteiger partial charge in [0.15, 0.2) is 0 Å². The Bertz CT molecular complexity index is 783. The van der Waals surface area contributed by atoms with Gasteiger partial charge in [-0.3, -0.25) is 9.88 Å². The summed E-state index contributed by atoms with van der Waals surface area (Å²) in [7, 11) is 0. The summed E-state index contributed by atoms with van der Waals surface area (Å²) in [5, 5.41) is 0. The molecule has 0 saturated carbocycles. The van der Waals surface area contributed by atoms with Gasteiger partial charge in [-0.05, 0) is 36.5 Å². The molecule has 2 aliphatic rings. The maximum Gasteiger partial charge on any atom is 0.417 e. The molecule has 0 spiro atoms. The van der Waals surface area contributed by atoms with Crippen LogP contribution in [0.3, 0.4) is 0 Å². The molecule has 130 valence electrons. The van der Waals surface area contributed by atoms with Crippen molar-refractivity contribution in [2.75, 3.05) is 0 Å². The highest BCUT2D eigenvalue weighted by atomic mass is 19.4. The fourth-order valence-corrected chi connectivity index (χ4v) is 4.06. The minimum atomic E-state index is -4.35. The van der Waals surface area contributed by atoms with E-state index in [1.807, 2.05) is 24.3 Å². The molecule has 3 heterocycles. The van der Waals surface area contributed by atoms with Crippen LogP contribution in [0.2, 0.25) is 0 Å². The molecule has 1 aromatic carbocycles. The lowest BCUT2D eigenvalue weighted by atomic mass is 9.92. The Morgan fingerprint density at radius 2 is 1.88 bits per heavy atom. The number of halogens is 3. The van der Waals surface area contributed by atoms with Gasteiger partial charge in [-0.25, -0.2) is 0 Å². The quantitative estimate of drug-likeness (QED) is 0.786. The lowest BCUT2D eigenvalue weighted by Crippen LogP contribution is -2.37. The Balaban J connectivity index is 1.62. The summed E-state index contributed by atoms with van der Waals surface area (Å²) in [6.07, 6.45) is 2.94. The molecule has 2 nitrogen and oxygen atoms in total. The lowest BCUT2D eigenvalue weighted by molar-refractivity contribution is -0.137. The van der Waals surface area contributed by atoms with Gasteiger partial charge in [0.25, 0.3) is 0 Å². The van der Waals surface area contributed by atoms with Crippen LogP contribution in [-0.2, 0) is 12.7 Å². The molecular formula is C20H19F3N2. The third kappa shape index (κ3) is 3.21. The summed E-state index contributed by atoms with van der Waals surface area (Å²) < 4.78 is 39.9. The third-order valence-electron chi connectivity index (χ3n) is 5.22. The van der Waals surface area contributed by atoms with Crippen molar-refractivity contribution < 1.29 is 13.2 Å². The van der Waals surface area contributed by atoms with E-state index < -0.39 is 11.7 Å². The summed E-state index contributed by atoms with van der Waals surface area (Å²) in [6, 6.07) is 11.8. The highest BCUT2D eigenvalue weighted by Gasteiger charge is 2.39. The molecule has 2 aromatic rings. The van der Waals surface area contributed by atoms with E-state index in [0.29, 0.717) is 12.5 Å². The van der Waals surface area contributed by atoms with Crippen molar-refractivity contribution in [3.63, 3.8) is 0 Å². The van der Waals surface area contributed by atoms with Crippen LogP contribution < -0.4 is 0 Å². The van der Waals surface area contributed by atoms with Gasteiger partial charge in [0, 0.05) is 36.6 Å². The highest BCUT2D eigenvalue weighted by Crippen LogP contribution is 2.42. The molecule has 1 fully saturated rings. The predicted octanol–water partition coefficient (Wildman–Crippen LogP) is 4.92. The number of hydrogen-bond acceptors (Lipinski definition) is 2. The van der Waals surface area contributed by atoms with Crippen molar-refractivity contribution in [2.45, 2.75) is 44.1 Å². The number of rotatable bonds is 3. The fourth-order valence-electron chi connectivity index (χ4n) is 4.06. The Kier molecular flexibility index (Phi) is 4.12. The first-order valence-electron chi connectivity index (χ1n) is 8.54. The largest absolute Gasteiger partial charge is 0.417 e. The highest BCUT2D eigenvalue weighted by molar-refractivity contribution is 5.70. The van der Waals surface area contributed by atoms with Crippen molar-refractivity contribution in [3.05, 3.63) is 71.6 Å². The second-order valence-electron chi connectivity index (χ2n) is 6.77. The summed E-state index contributed by atoms with van der Waals surface area (Å²) in [6.45, 7) is 0.846. The summed E-state index contributed by atoms with van der Waals surface area (Å²) in [5.41, 5.74) is 1.70. The minimum absolute atomic E-state index is 0.204. The smallest absolute Gasteiger partial charge is 0.289 e. The fraction of sp³-hybridized carbons (Fsp3) is 0.350. The molecule has 2 unspecified atom stereocenters. The van der Waals surface area contributed by atoms with Crippen LogP contribution in [0.15, 0.2) is 54.9 Å². The van der Waals surface area contributed by atoms with E-state index in [1.54, 1.807) is 0 Å². The first kappa shape index (κ1) is 16.3. The van der Waals surface area contributed by atoms with Crippen LogP contribution in [-0.4, -0.2) is 22.0 Å². The Hall–Kier alpha value is -2.14. The van der Waals surface area contributed by atoms with Gasteiger partial charge in [0.05, 0.1) is 5.56 Å². The van der Waals surface area contributed by atoms with Crippen molar-refractivity contribution in [3.8, 4) is 0 Å². The summed E-state index contributed by atoms with van der Waals surface area (Å²) in [4.78, 5) is 6.36. The molecular weight excluding hydrogens is 325 g/mol. The molecule has 0 amide bonds. The molecule has 0 N–H and O–H groups in total. The Labute approximate surface area is 145 Å². The number of pyridine rings is 1. The van der Waals surface area contributed by atoms with Gasteiger partial charge in [0.1, 0.15) is 0 Å². The average molecular weight is 344 g/mol. The number of hydrogen-bond donors (Lipinski definition) is 0. The van der Waals surface area contributed by atoms with Crippen LogP contribution in [0.4, 0.5) is 13.2 Å². The third-order valence-corrected chi connectivity index (χ3v) is 5.22. The van der Waals surface area contributed by atoms with Gasteiger partial charge >= 0.3 is 6.18 Å². The molecule has 0 aliphatic carbocycles.